The Kier molecular flexibility index (Phi) is 4.55. The zero-order valence-corrected chi connectivity index (χ0v) is 12.1. The lowest BCUT2D eigenvalue weighted by molar-refractivity contribution is 0.542. The van der Waals surface area contributed by atoms with Crippen LogP contribution in [0.1, 0.15) is 22.4 Å². The third kappa shape index (κ3) is 3.68. The zero-order valence-electron chi connectivity index (χ0n) is 11.3. The Morgan fingerprint density at radius 3 is 2.83 bits per heavy atom. The molecule has 0 saturated heterocycles. The molecule has 0 bridgehead atoms. The molecule has 2 heterocycles. The largest absolute Gasteiger partial charge is 0.314 e. The quantitative estimate of drug-likeness (QED) is 0.868. The van der Waals surface area contributed by atoms with Gasteiger partial charge in [0.05, 0.1) is 0 Å². The highest BCUT2D eigenvalue weighted by Gasteiger charge is 2.05. The van der Waals surface area contributed by atoms with Crippen LogP contribution in [0.15, 0.2) is 24.4 Å². The van der Waals surface area contributed by atoms with Crippen molar-refractivity contribution in [2.45, 2.75) is 32.7 Å². The van der Waals surface area contributed by atoms with E-state index in [0.29, 0.717) is 6.04 Å². The summed E-state index contributed by atoms with van der Waals surface area (Å²) in [5.74, 6) is 0. The van der Waals surface area contributed by atoms with Gasteiger partial charge < -0.3 is 5.32 Å². The molecule has 2 aromatic rings. The van der Waals surface area contributed by atoms with Gasteiger partial charge in [-0.15, -0.1) is 11.3 Å². The van der Waals surface area contributed by atoms with Crippen LogP contribution in [-0.4, -0.2) is 22.4 Å². The molecule has 0 aromatic carbocycles. The lowest BCUT2D eigenvalue weighted by Gasteiger charge is -2.12. The molecule has 1 N–H and O–H groups in total. The van der Waals surface area contributed by atoms with Crippen molar-refractivity contribution in [3.8, 4) is 0 Å². The molecule has 0 saturated carbocycles. The van der Waals surface area contributed by atoms with Gasteiger partial charge in [-0.25, -0.2) is 0 Å². The Hall–Kier alpha value is -1.13. The summed E-state index contributed by atoms with van der Waals surface area (Å²) in [5, 5.41) is 7.75. The molecule has 1 atom stereocenters. The van der Waals surface area contributed by atoms with E-state index < -0.39 is 0 Å². The van der Waals surface area contributed by atoms with Crippen molar-refractivity contribution >= 4 is 11.3 Å². The average Bonchev–Trinajstić information content (AvgIpc) is 2.89. The number of aromatic nitrogens is 2. The number of nitrogens with zero attached hydrogens (tertiary/aromatic N) is 2. The Labute approximate surface area is 113 Å². The lowest BCUT2D eigenvalue weighted by atomic mass is 10.2. The third-order valence-electron chi connectivity index (χ3n) is 3.10. The maximum Gasteiger partial charge on any atom is 0.0492 e. The monoisotopic (exact) mass is 263 g/mol. The Morgan fingerprint density at radius 1 is 1.39 bits per heavy atom. The van der Waals surface area contributed by atoms with Crippen LogP contribution in [0.5, 0.6) is 0 Å². The molecule has 0 amide bonds. The Balaban J connectivity index is 1.72. The van der Waals surface area contributed by atoms with E-state index >= 15 is 0 Å². The predicted octanol–water partition coefficient (Wildman–Crippen LogP) is 2.55. The predicted molar refractivity (Wildman–Crippen MR) is 77.1 cm³/mol. The Bertz CT molecular complexity index is 487. The number of thiophene rings is 1. The van der Waals surface area contributed by atoms with Gasteiger partial charge in [-0.1, -0.05) is 0 Å². The highest BCUT2D eigenvalue weighted by Crippen LogP contribution is 2.16. The summed E-state index contributed by atoms with van der Waals surface area (Å²) in [4.78, 5) is 2.86. The second-order valence-corrected chi connectivity index (χ2v) is 6.14. The number of nitrogens with one attached hydrogen (secondary N) is 1. The number of hydrogen-bond acceptors (Lipinski definition) is 3. The molecule has 2 aromatic heterocycles. The second kappa shape index (κ2) is 6.16. The highest BCUT2D eigenvalue weighted by atomic mass is 32.1. The summed E-state index contributed by atoms with van der Waals surface area (Å²) < 4.78 is 1.94. The van der Waals surface area contributed by atoms with Gasteiger partial charge in [-0.05, 0) is 38.5 Å². The van der Waals surface area contributed by atoms with Crippen molar-refractivity contribution in [1.29, 1.82) is 0 Å². The van der Waals surface area contributed by atoms with Crippen LogP contribution in [0.3, 0.4) is 0 Å². The summed E-state index contributed by atoms with van der Waals surface area (Å²) in [6, 6.07) is 7.03. The van der Waals surface area contributed by atoms with E-state index in [1.807, 2.05) is 29.3 Å². The van der Waals surface area contributed by atoms with E-state index in [1.54, 1.807) is 0 Å². The molecule has 98 valence electrons. The van der Waals surface area contributed by atoms with Gasteiger partial charge in [-0.2, -0.15) is 5.10 Å². The van der Waals surface area contributed by atoms with Crippen LogP contribution in [0.2, 0.25) is 0 Å². The molecule has 2 rings (SSSR count). The van der Waals surface area contributed by atoms with E-state index in [1.165, 1.54) is 15.4 Å². The van der Waals surface area contributed by atoms with Gasteiger partial charge in [0, 0.05) is 47.7 Å². The van der Waals surface area contributed by atoms with Crippen molar-refractivity contribution in [3.05, 3.63) is 39.8 Å². The maximum atomic E-state index is 4.18. The molecule has 0 radical (unpaired) electrons. The van der Waals surface area contributed by atoms with Gasteiger partial charge >= 0.3 is 0 Å². The molecule has 0 fully saturated rings. The van der Waals surface area contributed by atoms with Crippen LogP contribution in [-0.2, 0) is 19.9 Å². The first-order chi connectivity index (χ1) is 8.65. The fourth-order valence-corrected chi connectivity index (χ4v) is 3.08. The molecular formula is C14H21N3S. The van der Waals surface area contributed by atoms with Crippen molar-refractivity contribution < 1.29 is 0 Å². The summed E-state index contributed by atoms with van der Waals surface area (Å²) >= 11 is 1.90. The van der Waals surface area contributed by atoms with Crippen LogP contribution >= 0.6 is 11.3 Å². The van der Waals surface area contributed by atoms with Crippen LogP contribution in [0, 0.1) is 6.92 Å². The first-order valence-corrected chi connectivity index (χ1v) is 7.22. The maximum absolute atomic E-state index is 4.18. The molecule has 4 heteroatoms. The third-order valence-corrected chi connectivity index (χ3v) is 4.12. The minimum atomic E-state index is 0.524. The second-order valence-electron chi connectivity index (χ2n) is 4.77. The van der Waals surface area contributed by atoms with Crippen molar-refractivity contribution in [2.24, 2.45) is 7.05 Å². The highest BCUT2D eigenvalue weighted by molar-refractivity contribution is 7.11. The SMILES string of the molecule is Cc1ccc(CC(C)NCCc2ccnn2C)s1. The van der Waals surface area contributed by atoms with Gasteiger partial charge in [0.15, 0.2) is 0 Å². The minimum absolute atomic E-state index is 0.524. The summed E-state index contributed by atoms with van der Waals surface area (Å²) in [5.41, 5.74) is 1.28. The molecule has 18 heavy (non-hydrogen) atoms. The standard InChI is InChI=1S/C14H21N3S/c1-11(10-14-5-4-12(2)18-14)15-8-6-13-7-9-16-17(13)3/h4-5,7,9,11,15H,6,8,10H2,1-3H3. The van der Waals surface area contributed by atoms with Gasteiger partial charge in [0.2, 0.25) is 0 Å². The molecule has 0 aliphatic heterocycles. The fraction of sp³-hybridized carbons (Fsp3) is 0.500. The molecule has 0 aliphatic rings. The van der Waals surface area contributed by atoms with Gasteiger partial charge in [0.25, 0.3) is 0 Å². The lowest BCUT2D eigenvalue weighted by Crippen LogP contribution is -2.30. The summed E-state index contributed by atoms with van der Waals surface area (Å²) in [7, 11) is 1.99. The van der Waals surface area contributed by atoms with E-state index in [-0.39, 0.29) is 0 Å². The molecule has 3 nitrogen and oxygen atoms in total. The van der Waals surface area contributed by atoms with Crippen LogP contribution < -0.4 is 5.32 Å². The molecule has 1 unspecified atom stereocenters. The number of aryl methyl sites for hydroxylation is 2. The average molecular weight is 263 g/mol. The summed E-state index contributed by atoms with van der Waals surface area (Å²) in [6.07, 6.45) is 4.00. The van der Waals surface area contributed by atoms with E-state index in [4.69, 9.17) is 0 Å². The minimum Gasteiger partial charge on any atom is -0.314 e. The topological polar surface area (TPSA) is 29.9 Å². The smallest absolute Gasteiger partial charge is 0.0492 e. The fourth-order valence-electron chi connectivity index (χ4n) is 2.06. The van der Waals surface area contributed by atoms with Crippen molar-refractivity contribution in [1.82, 2.24) is 15.1 Å². The first-order valence-electron chi connectivity index (χ1n) is 6.40. The number of rotatable bonds is 6. The van der Waals surface area contributed by atoms with Gasteiger partial charge in [-0.3, -0.25) is 4.68 Å². The zero-order chi connectivity index (χ0) is 13.0. The van der Waals surface area contributed by atoms with Crippen LogP contribution in [0.25, 0.3) is 0 Å². The number of hydrogen-bond donors (Lipinski definition) is 1. The van der Waals surface area contributed by atoms with Crippen molar-refractivity contribution in [3.63, 3.8) is 0 Å². The molecule has 0 aliphatic carbocycles. The van der Waals surface area contributed by atoms with E-state index in [2.05, 4.69) is 42.5 Å². The first kappa shape index (κ1) is 13.3. The normalized spacial score (nSPS) is 12.8. The van der Waals surface area contributed by atoms with Gasteiger partial charge in [0.1, 0.15) is 0 Å². The van der Waals surface area contributed by atoms with Crippen LogP contribution in [0.4, 0.5) is 0 Å². The summed E-state index contributed by atoms with van der Waals surface area (Å²) in [6.45, 7) is 5.41. The Morgan fingerprint density at radius 2 is 2.22 bits per heavy atom. The van der Waals surface area contributed by atoms with E-state index in [9.17, 15) is 0 Å². The molecular weight excluding hydrogens is 242 g/mol. The van der Waals surface area contributed by atoms with Crippen molar-refractivity contribution in [2.75, 3.05) is 6.54 Å². The molecule has 0 spiro atoms. The van der Waals surface area contributed by atoms with E-state index in [0.717, 1.165) is 19.4 Å².